The summed E-state index contributed by atoms with van der Waals surface area (Å²) in [5, 5.41) is 9.66. The molecule has 0 aliphatic heterocycles. The van der Waals surface area contributed by atoms with E-state index in [0.717, 1.165) is 49.9 Å². The minimum Gasteiger partial charge on any atom is -0.309 e. The molecule has 0 amide bonds. The predicted octanol–water partition coefficient (Wildman–Crippen LogP) is 15.0. The number of hydrogen-bond acceptors (Lipinski definition) is 3. The molecule has 0 atom stereocenters. The Balaban J connectivity index is 0.954. The first-order chi connectivity index (χ1) is 31.7. The average molecular weight is 816 g/mol. The molecule has 13 rings (SSSR count). The fourth-order valence-corrected chi connectivity index (χ4v) is 9.60. The molecule has 0 fully saturated rings. The van der Waals surface area contributed by atoms with E-state index in [9.17, 15) is 0 Å². The summed E-state index contributed by atoms with van der Waals surface area (Å²) < 4.78 is 4.85. The summed E-state index contributed by atoms with van der Waals surface area (Å²) in [4.78, 5) is 15.1. The van der Waals surface area contributed by atoms with Crippen molar-refractivity contribution in [1.29, 1.82) is 0 Å². The molecule has 5 heteroatoms. The van der Waals surface area contributed by atoms with E-state index in [1.807, 2.05) is 36.4 Å². The van der Waals surface area contributed by atoms with Crippen molar-refractivity contribution in [2.75, 3.05) is 0 Å². The first kappa shape index (κ1) is 36.0. The number of aromatic nitrogens is 5. The van der Waals surface area contributed by atoms with Gasteiger partial charge in [-0.2, -0.15) is 0 Å². The Morgan fingerprint density at radius 3 is 1.42 bits per heavy atom. The summed E-state index contributed by atoms with van der Waals surface area (Å²) in [5.74, 6) is 1.91. The Hall–Kier alpha value is -8.67. The molecule has 0 aliphatic rings. The van der Waals surface area contributed by atoms with E-state index < -0.39 is 0 Å². The summed E-state index contributed by atoms with van der Waals surface area (Å²) >= 11 is 0. The monoisotopic (exact) mass is 815 g/mol. The van der Waals surface area contributed by atoms with Crippen LogP contribution >= 0.6 is 0 Å². The zero-order chi connectivity index (χ0) is 42.1. The van der Waals surface area contributed by atoms with Gasteiger partial charge in [-0.25, -0.2) is 15.0 Å². The maximum absolute atomic E-state index is 5.09. The first-order valence-electron chi connectivity index (χ1n) is 21.7. The average Bonchev–Trinajstić information content (AvgIpc) is 3.86. The Morgan fingerprint density at radius 1 is 0.234 bits per heavy atom. The van der Waals surface area contributed by atoms with Crippen molar-refractivity contribution in [3.8, 4) is 56.7 Å². The topological polar surface area (TPSA) is 48.5 Å². The third-order valence-electron chi connectivity index (χ3n) is 12.7. The van der Waals surface area contributed by atoms with Crippen molar-refractivity contribution in [3.05, 3.63) is 224 Å². The van der Waals surface area contributed by atoms with Gasteiger partial charge in [-0.3, -0.25) is 0 Å². The van der Waals surface area contributed by atoms with Crippen LogP contribution < -0.4 is 0 Å². The lowest BCUT2D eigenvalue weighted by atomic mass is 10.0. The number of para-hydroxylation sites is 2. The predicted molar refractivity (Wildman–Crippen MR) is 265 cm³/mol. The van der Waals surface area contributed by atoms with Crippen LogP contribution in [0, 0.1) is 0 Å². The van der Waals surface area contributed by atoms with Crippen LogP contribution in [0.4, 0.5) is 0 Å². The van der Waals surface area contributed by atoms with Crippen LogP contribution in [-0.2, 0) is 0 Å². The molecule has 0 bridgehead atoms. The van der Waals surface area contributed by atoms with E-state index in [1.165, 1.54) is 54.4 Å². The van der Waals surface area contributed by atoms with Gasteiger partial charge in [-0.05, 0) is 93.3 Å². The quantitative estimate of drug-likeness (QED) is 0.168. The van der Waals surface area contributed by atoms with Crippen molar-refractivity contribution < 1.29 is 0 Å². The molecule has 0 unspecified atom stereocenters. The summed E-state index contributed by atoms with van der Waals surface area (Å²) in [7, 11) is 0. The Morgan fingerprint density at radius 2 is 0.688 bits per heavy atom. The van der Waals surface area contributed by atoms with Gasteiger partial charge in [0.15, 0.2) is 17.5 Å². The first-order valence-corrected chi connectivity index (χ1v) is 21.7. The molecule has 0 saturated heterocycles. The maximum Gasteiger partial charge on any atom is 0.164 e. The summed E-state index contributed by atoms with van der Waals surface area (Å²) in [6.07, 6.45) is 0. The molecule has 3 heterocycles. The van der Waals surface area contributed by atoms with Gasteiger partial charge in [-0.15, -0.1) is 0 Å². The standard InChI is InChI=1S/C59H37N5/c1-4-14-38(15-5-1)39-24-26-41(27-25-39)58-60-57(40-16-6-2-7-17-40)61-59(62-58)46-29-28-45-33-48(31-30-44(45)32-46)64-53-23-13-12-22-49(53)51-36-52-50-34-42-18-10-11-19-43(42)35-54(50)63(56(52)37-55(51)64)47-20-8-3-9-21-47/h1-37H. The minimum absolute atomic E-state index is 0.634. The molecule has 3 aromatic heterocycles. The summed E-state index contributed by atoms with van der Waals surface area (Å²) in [5.41, 5.74) is 12.1. The second-order valence-corrected chi connectivity index (χ2v) is 16.5. The molecule has 298 valence electrons. The van der Waals surface area contributed by atoms with E-state index in [-0.39, 0.29) is 0 Å². The molecule has 0 N–H and O–H groups in total. The zero-order valence-corrected chi connectivity index (χ0v) is 34.6. The molecule has 13 aromatic rings. The van der Waals surface area contributed by atoms with Crippen LogP contribution in [0.1, 0.15) is 0 Å². The van der Waals surface area contributed by atoms with E-state index in [0.29, 0.717) is 17.5 Å². The van der Waals surface area contributed by atoms with Crippen molar-refractivity contribution in [2.45, 2.75) is 0 Å². The van der Waals surface area contributed by atoms with E-state index in [1.54, 1.807) is 0 Å². The molecular formula is C59H37N5. The van der Waals surface area contributed by atoms with E-state index in [4.69, 9.17) is 15.0 Å². The van der Waals surface area contributed by atoms with Crippen molar-refractivity contribution in [1.82, 2.24) is 24.1 Å². The van der Waals surface area contributed by atoms with Crippen LogP contribution in [-0.4, -0.2) is 24.1 Å². The summed E-state index contributed by atoms with van der Waals surface area (Å²) in [6, 6.07) is 80.0. The number of fused-ring (bicyclic) bond motifs is 8. The number of rotatable bonds is 6. The number of hydrogen-bond donors (Lipinski definition) is 0. The highest BCUT2D eigenvalue weighted by atomic mass is 15.0. The molecule has 0 aliphatic carbocycles. The fraction of sp³-hybridized carbons (Fsp3) is 0. The Labute approximate surface area is 368 Å². The van der Waals surface area contributed by atoms with Crippen LogP contribution in [0.25, 0.3) is 122 Å². The van der Waals surface area contributed by atoms with Crippen LogP contribution in [0.15, 0.2) is 224 Å². The van der Waals surface area contributed by atoms with Crippen molar-refractivity contribution >= 4 is 65.2 Å². The minimum atomic E-state index is 0.634. The lowest BCUT2D eigenvalue weighted by Crippen LogP contribution is -2.00. The number of benzene rings is 10. The molecule has 10 aromatic carbocycles. The Bertz CT molecular complexity index is 3930. The molecule has 0 spiro atoms. The third-order valence-corrected chi connectivity index (χ3v) is 12.7. The van der Waals surface area contributed by atoms with Crippen LogP contribution in [0.3, 0.4) is 0 Å². The second kappa shape index (κ2) is 14.5. The van der Waals surface area contributed by atoms with Gasteiger partial charge in [0.05, 0.1) is 22.1 Å². The lowest BCUT2D eigenvalue weighted by molar-refractivity contribution is 1.07. The smallest absolute Gasteiger partial charge is 0.164 e. The normalized spacial score (nSPS) is 11.8. The highest BCUT2D eigenvalue weighted by molar-refractivity contribution is 6.21. The molecule has 5 nitrogen and oxygen atoms in total. The van der Waals surface area contributed by atoms with E-state index >= 15 is 0 Å². The van der Waals surface area contributed by atoms with Crippen molar-refractivity contribution in [2.24, 2.45) is 0 Å². The van der Waals surface area contributed by atoms with Crippen LogP contribution in [0.5, 0.6) is 0 Å². The van der Waals surface area contributed by atoms with Crippen LogP contribution in [0.2, 0.25) is 0 Å². The zero-order valence-electron chi connectivity index (χ0n) is 34.6. The fourth-order valence-electron chi connectivity index (χ4n) is 9.60. The second-order valence-electron chi connectivity index (χ2n) is 16.5. The van der Waals surface area contributed by atoms with Gasteiger partial charge in [-0.1, -0.05) is 164 Å². The van der Waals surface area contributed by atoms with Crippen molar-refractivity contribution in [3.63, 3.8) is 0 Å². The molecule has 64 heavy (non-hydrogen) atoms. The lowest BCUT2D eigenvalue weighted by Gasteiger charge is -2.12. The molecule has 0 radical (unpaired) electrons. The third kappa shape index (κ3) is 5.90. The van der Waals surface area contributed by atoms with Gasteiger partial charge in [0, 0.05) is 49.6 Å². The summed E-state index contributed by atoms with van der Waals surface area (Å²) in [6.45, 7) is 0. The highest BCUT2D eigenvalue weighted by Gasteiger charge is 2.20. The van der Waals surface area contributed by atoms with Gasteiger partial charge >= 0.3 is 0 Å². The van der Waals surface area contributed by atoms with Gasteiger partial charge < -0.3 is 9.13 Å². The molecular weight excluding hydrogens is 779 g/mol. The number of nitrogens with zero attached hydrogens (tertiary/aromatic N) is 5. The van der Waals surface area contributed by atoms with Gasteiger partial charge in [0.2, 0.25) is 0 Å². The van der Waals surface area contributed by atoms with Gasteiger partial charge in [0.1, 0.15) is 0 Å². The van der Waals surface area contributed by atoms with Gasteiger partial charge in [0.25, 0.3) is 0 Å². The molecule has 0 saturated carbocycles. The van der Waals surface area contributed by atoms with E-state index in [2.05, 4.69) is 197 Å². The Kier molecular flexibility index (Phi) is 8.15. The maximum atomic E-state index is 5.09. The highest BCUT2D eigenvalue weighted by Crippen LogP contribution is 2.41. The SMILES string of the molecule is c1ccc(-c2ccc(-c3nc(-c4ccccc4)nc(-c4ccc5cc(-n6c7ccccc7c7cc8c9cc%10ccccc%10cc9n(-c9ccccc9)c8cc76)ccc5c4)n3)cc2)cc1. The largest absolute Gasteiger partial charge is 0.309 e.